The van der Waals surface area contributed by atoms with Crippen molar-refractivity contribution in [3.8, 4) is 11.5 Å². The molecule has 7 heteroatoms. The molecule has 0 unspecified atom stereocenters. The van der Waals surface area contributed by atoms with Gasteiger partial charge < -0.3 is 29.8 Å². The number of carbonyl (C=O) groups is 1. The molecular formula is C21H21NO6. The lowest BCUT2D eigenvalue weighted by molar-refractivity contribution is -0.148. The average Bonchev–Trinajstić information content (AvgIpc) is 3.20. The Morgan fingerprint density at radius 2 is 1.86 bits per heavy atom. The van der Waals surface area contributed by atoms with Gasteiger partial charge in [-0.3, -0.25) is 4.79 Å². The first-order valence-corrected chi connectivity index (χ1v) is 9.00. The highest BCUT2D eigenvalue weighted by molar-refractivity contribution is 5.90. The van der Waals surface area contributed by atoms with Crippen LogP contribution >= 0.6 is 0 Å². The third-order valence-corrected chi connectivity index (χ3v) is 4.77. The lowest BCUT2D eigenvalue weighted by Crippen LogP contribution is -2.29. The number of amides is 1. The summed E-state index contributed by atoms with van der Waals surface area (Å²) in [5.74, 6) is 0.738. The zero-order valence-electron chi connectivity index (χ0n) is 15.2. The van der Waals surface area contributed by atoms with Crippen LogP contribution in [0.15, 0.2) is 54.3 Å². The number of primary amides is 1. The lowest BCUT2D eigenvalue weighted by Gasteiger charge is -2.28. The van der Waals surface area contributed by atoms with Crippen molar-refractivity contribution in [1.29, 1.82) is 0 Å². The van der Waals surface area contributed by atoms with Crippen molar-refractivity contribution in [1.82, 2.24) is 0 Å². The van der Waals surface area contributed by atoms with E-state index in [0.29, 0.717) is 24.5 Å². The topological polar surface area (TPSA) is 100 Å². The molecule has 0 bridgehead atoms. The number of hydrogen-bond acceptors (Lipinski definition) is 6. The Balaban J connectivity index is 1.48. The van der Waals surface area contributed by atoms with Gasteiger partial charge in [0.2, 0.25) is 13.1 Å². The largest absolute Gasteiger partial charge is 0.459 e. The van der Waals surface area contributed by atoms with Gasteiger partial charge in [0.05, 0.1) is 13.2 Å². The number of allylic oxidation sites excluding steroid dienone is 1. The van der Waals surface area contributed by atoms with Crippen LogP contribution < -0.4 is 15.2 Å². The van der Waals surface area contributed by atoms with Gasteiger partial charge in [-0.2, -0.15) is 0 Å². The van der Waals surface area contributed by atoms with Crippen molar-refractivity contribution in [2.45, 2.75) is 31.8 Å². The van der Waals surface area contributed by atoms with Crippen molar-refractivity contribution in [3.05, 3.63) is 71.0 Å². The van der Waals surface area contributed by atoms with Crippen LogP contribution in [-0.4, -0.2) is 24.1 Å². The van der Waals surface area contributed by atoms with Crippen LogP contribution in [0, 0.1) is 0 Å². The Morgan fingerprint density at radius 1 is 1.11 bits per heavy atom. The SMILES string of the molecule is NC(=O)C1=C[C@@H](c2ccc3c(c2)OCO3)C[C@@H](OCc2ccc(CO)cc2)O1. The van der Waals surface area contributed by atoms with Crippen LogP contribution in [0.4, 0.5) is 0 Å². The second kappa shape index (κ2) is 7.92. The summed E-state index contributed by atoms with van der Waals surface area (Å²) >= 11 is 0. The first-order chi connectivity index (χ1) is 13.6. The van der Waals surface area contributed by atoms with Gasteiger partial charge in [-0.1, -0.05) is 30.3 Å². The van der Waals surface area contributed by atoms with Gasteiger partial charge in [0.1, 0.15) is 0 Å². The highest BCUT2D eigenvalue weighted by Crippen LogP contribution is 2.38. The molecule has 2 heterocycles. The Hall–Kier alpha value is -3.03. The molecule has 0 aromatic heterocycles. The molecule has 0 spiro atoms. The molecule has 2 aliphatic rings. The van der Waals surface area contributed by atoms with E-state index in [4.69, 9.17) is 29.8 Å². The van der Waals surface area contributed by atoms with E-state index in [2.05, 4.69) is 0 Å². The summed E-state index contributed by atoms with van der Waals surface area (Å²) in [6.45, 7) is 0.517. The van der Waals surface area contributed by atoms with E-state index in [0.717, 1.165) is 16.7 Å². The summed E-state index contributed by atoms with van der Waals surface area (Å²) in [6, 6.07) is 13.1. The molecule has 1 amide bonds. The van der Waals surface area contributed by atoms with E-state index in [-0.39, 0.29) is 25.1 Å². The maximum Gasteiger partial charge on any atom is 0.283 e. The molecule has 0 saturated heterocycles. The molecule has 4 rings (SSSR count). The van der Waals surface area contributed by atoms with Gasteiger partial charge in [0, 0.05) is 12.3 Å². The molecule has 0 fully saturated rings. The van der Waals surface area contributed by atoms with Crippen LogP contribution in [0.1, 0.15) is 29.0 Å². The maximum absolute atomic E-state index is 11.7. The number of ether oxygens (including phenoxy) is 4. The molecule has 0 saturated carbocycles. The molecule has 2 aromatic rings. The molecule has 2 aromatic carbocycles. The van der Waals surface area contributed by atoms with Crippen molar-refractivity contribution in [2.24, 2.45) is 5.73 Å². The van der Waals surface area contributed by atoms with E-state index < -0.39 is 12.2 Å². The van der Waals surface area contributed by atoms with Crippen LogP contribution in [0.3, 0.4) is 0 Å². The minimum Gasteiger partial charge on any atom is -0.459 e. The van der Waals surface area contributed by atoms with Gasteiger partial charge >= 0.3 is 0 Å². The molecule has 146 valence electrons. The molecule has 28 heavy (non-hydrogen) atoms. The number of nitrogens with two attached hydrogens (primary N) is 1. The maximum atomic E-state index is 11.7. The summed E-state index contributed by atoms with van der Waals surface area (Å²) in [6.07, 6.45) is 1.64. The van der Waals surface area contributed by atoms with E-state index >= 15 is 0 Å². The smallest absolute Gasteiger partial charge is 0.283 e. The number of benzene rings is 2. The monoisotopic (exact) mass is 383 g/mol. The fourth-order valence-corrected chi connectivity index (χ4v) is 3.24. The van der Waals surface area contributed by atoms with Crippen LogP contribution in [0.2, 0.25) is 0 Å². The molecule has 0 aliphatic carbocycles. The quantitative estimate of drug-likeness (QED) is 0.794. The van der Waals surface area contributed by atoms with Gasteiger partial charge in [-0.05, 0) is 34.9 Å². The fourth-order valence-electron chi connectivity index (χ4n) is 3.24. The second-order valence-electron chi connectivity index (χ2n) is 6.68. The van der Waals surface area contributed by atoms with E-state index in [9.17, 15) is 4.79 Å². The third kappa shape index (κ3) is 3.95. The van der Waals surface area contributed by atoms with Crippen molar-refractivity contribution < 1.29 is 28.8 Å². The van der Waals surface area contributed by atoms with Gasteiger partial charge in [0.25, 0.3) is 5.91 Å². The predicted octanol–water partition coefficient (Wildman–Crippen LogP) is 2.32. The van der Waals surface area contributed by atoms with Gasteiger partial charge in [-0.25, -0.2) is 0 Å². The molecule has 2 atom stereocenters. The van der Waals surface area contributed by atoms with Crippen LogP contribution in [0.5, 0.6) is 11.5 Å². The number of aliphatic hydroxyl groups is 1. The standard InChI is InChI=1S/C21H21NO6/c22-21(24)19-8-16(15-5-6-17-18(7-15)27-12-26-17)9-20(28-19)25-11-14-3-1-13(10-23)2-4-14/h1-8,16,20,23H,9-12H2,(H2,22,24)/t16-,20+/m1/s1. The Morgan fingerprint density at radius 3 is 2.61 bits per heavy atom. The summed E-state index contributed by atoms with van der Waals surface area (Å²) in [7, 11) is 0. The second-order valence-corrected chi connectivity index (χ2v) is 6.68. The Kier molecular flexibility index (Phi) is 5.18. The first-order valence-electron chi connectivity index (χ1n) is 9.00. The molecule has 0 radical (unpaired) electrons. The molecular weight excluding hydrogens is 362 g/mol. The van der Waals surface area contributed by atoms with Crippen molar-refractivity contribution >= 4 is 5.91 Å². The summed E-state index contributed by atoms with van der Waals surface area (Å²) in [5, 5.41) is 9.12. The summed E-state index contributed by atoms with van der Waals surface area (Å²) in [4.78, 5) is 11.7. The van der Waals surface area contributed by atoms with Crippen LogP contribution in [-0.2, 0) is 27.5 Å². The van der Waals surface area contributed by atoms with Crippen molar-refractivity contribution in [2.75, 3.05) is 6.79 Å². The number of carbonyl (C=O) groups excluding carboxylic acids is 1. The van der Waals surface area contributed by atoms with Gasteiger partial charge in [-0.15, -0.1) is 0 Å². The minimum atomic E-state index is -0.633. The third-order valence-electron chi connectivity index (χ3n) is 4.77. The number of fused-ring (bicyclic) bond motifs is 1. The predicted molar refractivity (Wildman–Crippen MR) is 99.2 cm³/mol. The zero-order chi connectivity index (χ0) is 19.5. The lowest BCUT2D eigenvalue weighted by atomic mass is 9.92. The first kappa shape index (κ1) is 18.3. The number of hydrogen-bond donors (Lipinski definition) is 2. The Bertz CT molecular complexity index is 892. The average molecular weight is 383 g/mol. The number of aliphatic hydroxyl groups excluding tert-OH is 1. The summed E-state index contributed by atoms with van der Waals surface area (Å²) in [5.41, 5.74) is 8.18. The van der Waals surface area contributed by atoms with Gasteiger partial charge in [0.15, 0.2) is 17.3 Å². The van der Waals surface area contributed by atoms with E-state index in [1.807, 2.05) is 42.5 Å². The van der Waals surface area contributed by atoms with Crippen LogP contribution in [0.25, 0.3) is 0 Å². The highest BCUT2D eigenvalue weighted by atomic mass is 16.7. The summed E-state index contributed by atoms with van der Waals surface area (Å²) < 4.78 is 22.3. The zero-order valence-corrected chi connectivity index (χ0v) is 15.2. The molecule has 3 N–H and O–H groups in total. The van der Waals surface area contributed by atoms with E-state index in [1.165, 1.54) is 0 Å². The Labute approximate surface area is 162 Å². The fraction of sp³-hybridized carbons (Fsp3) is 0.286. The normalized spacial score (nSPS) is 20.4. The van der Waals surface area contributed by atoms with Crippen molar-refractivity contribution in [3.63, 3.8) is 0 Å². The number of rotatable bonds is 6. The molecule has 7 nitrogen and oxygen atoms in total. The minimum absolute atomic E-state index is 0.00312. The highest BCUT2D eigenvalue weighted by Gasteiger charge is 2.29. The molecule has 2 aliphatic heterocycles. The van der Waals surface area contributed by atoms with E-state index in [1.54, 1.807) is 6.08 Å².